The Morgan fingerprint density at radius 1 is 0.545 bits per heavy atom. The monoisotopic (exact) mass is 1880 g/mol. The first-order valence-corrected chi connectivity index (χ1v) is 41.7. The van der Waals surface area contributed by atoms with Crippen molar-refractivity contribution in [2.45, 2.75) is 211 Å². The zero-order valence-corrected chi connectivity index (χ0v) is 72.9. The highest BCUT2D eigenvalue weighted by molar-refractivity contribution is 9.11. The molecule has 6 N–H and O–H groups in total. The highest BCUT2D eigenvalue weighted by atomic mass is 79.9. The molecular formula is C89H99Br3ClF5N12O11. The number of aromatic carboxylic acids is 1. The number of carboxylic acid groups (broad SMARTS) is 1. The first-order valence-electron chi connectivity index (χ1n) is 39.3. The second-order valence-electron chi connectivity index (χ2n) is 32.9. The summed E-state index contributed by atoms with van der Waals surface area (Å²) in [5.41, 5.74) is 8.25. The Hall–Kier alpha value is -9.89. The molecule has 4 spiro atoms. The van der Waals surface area contributed by atoms with Gasteiger partial charge in [0.2, 0.25) is 12.2 Å². The molecule has 6 aromatic carbocycles. The maximum atomic E-state index is 13.3. The number of carboxylic acids is 1. The zero-order valence-electron chi connectivity index (χ0n) is 67.3. The van der Waals surface area contributed by atoms with Crippen molar-refractivity contribution in [2.75, 3.05) is 38.5 Å². The van der Waals surface area contributed by atoms with Crippen LogP contribution in [0.1, 0.15) is 177 Å². The number of nitrogens with one attached hydrogen (secondary N) is 3. The molecule has 644 valence electrons. The predicted molar refractivity (Wildman–Crippen MR) is 469 cm³/mol. The first-order chi connectivity index (χ1) is 56.3. The van der Waals surface area contributed by atoms with Gasteiger partial charge in [0, 0.05) is 98.9 Å². The summed E-state index contributed by atoms with van der Waals surface area (Å²) >= 11 is 10.1. The van der Waals surface area contributed by atoms with Gasteiger partial charge in [-0.15, -0.1) is 18.8 Å². The second-order valence-corrected chi connectivity index (χ2v) is 35.6. The van der Waals surface area contributed by atoms with Crippen LogP contribution in [-0.4, -0.2) is 146 Å². The molecule has 0 radical (unpaired) electrons. The molecular weight excluding hydrogens is 1780 g/mol. The largest absolute Gasteiger partial charge is 0.478 e. The van der Waals surface area contributed by atoms with Crippen LogP contribution in [0.2, 0.25) is 0 Å². The van der Waals surface area contributed by atoms with Crippen LogP contribution in [0.4, 0.5) is 37.2 Å². The van der Waals surface area contributed by atoms with Crippen LogP contribution in [0.15, 0.2) is 149 Å². The number of carbonyl (C=O) groups is 5. The first kappa shape index (κ1) is 95.0. The maximum Gasteiger partial charge on any atom is 0.446 e. The molecule has 23 nitrogen and oxygen atoms in total. The van der Waals surface area contributed by atoms with Gasteiger partial charge in [0.05, 0.1) is 62.3 Å². The van der Waals surface area contributed by atoms with Gasteiger partial charge in [-0.05, 0) is 228 Å². The molecule has 9 aromatic rings. The molecule has 4 unspecified atom stereocenters. The van der Waals surface area contributed by atoms with Crippen molar-refractivity contribution in [3.63, 3.8) is 0 Å². The second kappa shape index (κ2) is 40.0. The van der Waals surface area contributed by atoms with Crippen LogP contribution in [0.25, 0.3) is 32.7 Å². The lowest BCUT2D eigenvalue weighted by atomic mass is 9.85. The molecule has 3 aromatic heterocycles. The van der Waals surface area contributed by atoms with E-state index < -0.39 is 35.2 Å². The van der Waals surface area contributed by atoms with Gasteiger partial charge in [0.15, 0.2) is 0 Å². The van der Waals surface area contributed by atoms with E-state index in [1.165, 1.54) is 56.0 Å². The molecule has 4 atom stereocenters. The highest BCUT2D eigenvalue weighted by Crippen LogP contribution is 2.40. The van der Waals surface area contributed by atoms with Gasteiger partial charge in [-0.3, -0.25) is 37.7 Å². The van der Waals surface area contributed by atoms with E-state index in [0.717, 1.165) is 126 Å². The molecule has 121 heavy (non-hydrogen) atoms. The Morgan fingerprint density at radius 2 is 0.959 bits per heavy atom. The van der Waals surface area contributed by atoms with Gasteiger partial charge >= 0.3 is 24.3 Å². The number of piperidine rings is 4. The Balaban J connectivity index is 0.000000168. The molecule has 8 aliphatic heterocycles. The Kier molecular flexibility index (Phi) is 31.4. The average Bonchev–Trinajstić information content (AvgIpc) is 1.61. The van der Waals surface area contributed by atoms with Gasteiger partial charge in [-0.25, -0.2) is 38.1 Å². The number of nitrogens with two attached hydrogens (primary N) is 1. The zero-order chi connectivity index (χ0) is 86.0. The molecule has 0 bridgehead atoms. The number of nitrogens with zero attached hydrogens (tertiary/aromatic N) is 8. The van der Waals surface area contributed by atoms with E-state index in [2.05, 4.69) is 81.5 Å². The molecule has 5 fully saturated rings. The number of halogens is 9. The van der Waals surface area contributed by atoms with Gasteiger partial charge < -0.3 is 46.1 Å². The highest BCUT2D eigenvalue weighted by Gasteiger charge is 2.50. The minimum Gasteiger partial charge on any atom is -0.478 e. The molecule has 3 amide bonds. The number of hydrogen-bond donors (Lipinski definition) is 5. The molecule has 17 rings (SSSR count). The van der Waals surface area contributed by atoms with Crippen LogP contribution in [0.3, 0.4) is 0 Å². The lowest BCUT2D eigenvalue weighted by molar-refractivity contribution is -0.156. The molecule has 5 saturated heterocycles. The number of nitrogen functional groups attached to an aromatic ring is 1. The lowest BCUT2D eigenvalue weighted by Crippen LogP contribution is -2.57. The number of hydrogen-bond acceptors (Lipinski definition) is 16. The van der Waals surface area contributed by atoms with Crippen LogP contribution in [0, 0.1) is 35.8 Å². The molecule has 0 saturated carbocycles. The normalized spacial score (nSPS) is 20.2. The van der Waals surface area contributed by atoms with E-state index in [1.807, 2.05) is 98.0 Å². The number of likely N-dealkylation sites (tertiary alicyclic amines) is 2. The van der Waals surface area contributed by atoms with Crippen molar-refractivity contribution in [2.24, 2.45) is 0 Å². The molecule has 8 aliphatic rings. The number of ether oxygens (including phenoxy) is 2. The van der Waals surface area contributed by atoms with Crippen molar-refractivity contribution in [1.82, 2.24) is 54.4 Å². The Morgan fingerprint density at radius 3 is 1.38 bits per heavy atom. The van der Waals surface area contributed by atoms with E-state index in [4.69, 9.17) is 46.5 Å². The molecule has 32 heteroatoms. The summed E-state index contributed by atoms with van der Waals surface area (Å²) in [6.45, 7) is 17.1. The van der Waals surface area contributed by atoms with E-state index in [0.29, 0.717) is 83.9 Å². The summed E-state index contributed by atoms with van der Waals surface area (Å²) in [5.74, 6) is 9.31. The van der Waals surface area contributed by atoms with Crippen molar-refractivity contribution in [1.29, 1.82) is 0 Å². The standard InChI is InChI=1S/C23H20FN3O.C20H24BrN3O3.C15H16BrN3O.C13H22N2O3.C8H5F.C7H6BrNO2.C2HF3O.CH4.ClH/c24-18-5-3-4-16(12-18)6-7-17-8-9-19-20(13-17)26-21-14-23(10-1-2-11-25-23)15-27(21)22(19)28;1-19(2,3)27-18(26)24-9-5-4-8-20(24)11-16-22-15-10-13(21)6-7-14(15)17(25)23(16)12-20;16-10-3-4-11-12(7-10)18-13-8-15(5-1-2-6-17-15)9-19(13)14(11)20;1-12(2,3)18-11(17)15-7-5-4-6-13(15)8-10(16)14-9-13;1-2-7-4-3-5-8(9)6-7;8-4-1-2-5(7(10)11)6(9)3-4;3-2(4,5)1-6;;/h3-5,8-9,12-13,25H,1-2,10-11,14-15H2;6-7,10H,4-5,8-9,11-12H2,1-3H3;3-4,7,17H,1-2,5-6,8-9H2;4-9H2,1-3H3,(H,14,16);1,3-6H;1-3H,9H2,(H,10,11);1H;1H4;1H. The topological polar surface area (TPSA) is 297 Å². The number of carbonyl (C=O) groups excluding carboxylic acids is 4. The van der Waals surface area contributed by atoms with Gasteiger partial charge in [0.25, 0.3) is 16.7 Å². The number of alkyl halides is 3. The van der Waals surface area contributed by atoms with E-state index in [-0.39, 0.29) is 94.1 Å². The van der Waals surface area contributed by atoms with Gasteiger partial charge in [-0.2, -0.15) is 13.2 Å². The van der Waals surface area contributed by atoms with Gasteiger partial charge in [0.1, 0.15) is 40.3 Å². The fraction of sp³-hybridized carbons (Fsp3) is 0.427. The minimum atomic E-state index is -4.64. The smallest absolute Gasteiger partial charge is 0.446 e. The number of fused-ring (bicyclic) bond motifs is 6. The SMILES string of the molecule is C.C#Cc1cccc(F)c1.CC(C)(C)OC(=O)N1CCCCC12CNC(=O)C2.CC(C)(C)OC(=O)N1CCCCC12Cc1nc3cc(Br)ccc3c(=O)n1C2.Cl.Nc1cc(Br)ccc1C(=O)O.O=CC(F)(F)F.O=c1c2ccc(Br)cc2nc2n1CC1(CCCCN1)C2.O=c1c2ccc(C#Cc3cccc(F)c3)cc2nc2n1CC1(CCCCN1)C2. The maximum absolute atomic E-state index is 13.3. The van der Waals surface area contributed by atoms with Crippen LogP contribution >= 0.6 is 60.2 Å². The van der Waals surface area contributed by atoms with E-state index in [1.54, 1.807) is 58.0 Å². The fourth-order valence-electron chi connectivity index (χ4n) is 16.1. The summed E-state index contributed by atoms with van der Waals surface area (Å²) in [6.07, 6.45) is 14.2. The predicted octanol–water partition coefficient (Wildman–Crippen LogP) is 16.1. The lowest BCUT2D eigenvalue weighted by Gasteiger charge is -2.44. The molecule has 11 heterocycles. The number of amides is 3. The Bertz CT molecular complexity index is 5650. The number of aromatic nitrogens is 6. The number of terminal acetylenes is 1. The third-order valence-corrected chi connectivity index (χ3v) is 23.1. The number of rotatable bonds is 1. The van der Waals surface area contributed by atoms with Crippen LogP contribution in [-0.2, 0) is 58.0 Å². The van der Waals surface area contributed by atoms with Crippen molar-refractivity contribution >= 4 is 129 Å². The summed E-state index contributed by atoms with van der Waals surface area (Å²) in [5, 5.41) is 20.6. The average molecular weight is 1880 g/mol. The van der Waals surface area contributed by atoms with Crippen LogP contribution < -0.4 is 38.4 Å². The summed E-state index contributed by atoms with van der Waals surface area (Å²) in [4.78, 5) is 112. The number of benzene rings is 6. The quantitative estimate of drug-likeness (QED) is 0.0441. The van der Waals surface area contributed by atoms with Gasteiger partial charge in [-0.1, -0.05) is 98.0 Å². The van der Waals surface area contributed by atoms with Crippen molar-refractivity contribution < 1.29 is 60.5 Å². The number of aldehydes is 1. The minimum absolute atomic E-state index is 0. The number of anilines is 1. The Labute approximate surface area is 729 Å². The van der Waals surface area contributed by atoms with Crippen molar-refractivity contribution in [3.05, 3.63) is 217 Å². The summed E-state index contributed by atoms with van der Waals surface area (Å²) in [7, 11) is 0. The van der Waals surface area contributed by atoms with Crippen molar-refractivity contribution in [3.8, 4) is 24.2 Å². The van der Waals surface area contributed by atoms with E-state index in [9.17, 15) is 55.5 Å². The van der Waals surface area contributed by atoms with Crippen LogP contribution in [0.5, 0.6) is 0 Å². The summed E-state index contributed by atoms with van der Waals surface area (Å²) in [6, 6.07) is 33.5. The third kappa shape index (κ3) is 24.1. The fourth-order valence-corrected chi connectivity index (χ4v) is 17.2. The molecule has 0 aliphatic carbocycles. The third-order valence-electron chi connectivity index (χ3n) is 21.6. The van der Waals surface area contributed by atoms with E-state index >= 15 is 0 Å². The summed E-state index contributed by atoms with van der Waals surface area (Å²) < 4.78 is 76.0.